The number of aryl methyl sites for hydroxylation is 1. The first-order chi connectivity index (χ1) is 10.7. The molecule has 2 aromatic heterocycles. The van der Waals surface area contributed by atoms with Crippen molar-refractivity contribution >= 4 is 12.2 Å². The topological polar surface area (TPSA) is 68.0 Å². The lowest BCUT2D eigenvalue weighted by Gasteiger charge is -2.11. The maximum atomic E-state index is 5.55. The van der Waals surface area contributed by atoms with Gasteiger partial charge in [-0.05, 0) is 43.4 Å². The number of ether oxygens (including phenoxy) is 1. The number of aromatic amines is 1. The van der Waals surface area contributed by atoms with Crippen LogP contribution in [-0.2, 0) is 6.54 Å². The Morgan fingerprint density at radius 3 is 2.86 bits per heavy atom. The standard InChI is InChI=1S/C15H16N4O2S/c1-10-7-8-11(21-10)9-16-19-14(17-18-15(19)22)12-5-3-4-6-13(12)20-2/h3-8,16H,9H2,1-2H3,(H,18,22). The Morgan fingerprint density at radius 1 is 1.32 bits per heavy atom. The summed E-state index contributed by atoms with van der Waals surface area (Å²) in [6, 6.07) is 11.5. The van der Waals surface area contributed by atoms with Crippen LogP contribution in [0.3, 0.4) is 0 Å². The predicted octanol–water partition coefficient (Wildman–Crippen LogP) is 3.26. The molecular weight excluding hydrogens is 300 g/mol. The van der Waals surface area contributed by atoms with Crippen LogP contribution >= 0.6 is 12.2 Å². The molecule has 0 amide bonds. The number of furan rings is 1. The van der Waals surface area contributed by atoms with Crippen LogP contribution in [0, 0.1) is 11.7 Å². The third-order valence-corrected chi connectivity index (χ3v) is 3.50. The first-order valence-electron chi connectivity index (χ1n) is 6.79. The summed E-state index contributed by atoms with van der Waals surface area (Å²) in [6.45, 7) is 2.41. The van der Waals surface area contributed by atoms with Crippen molar-refractivity contribution in [3.8, 4) is 17.1 Å². The van der Waals surface area contributed by atoms with Crippen molar-refractivity contribution in [1.29, 1.82) is 0 Å². The van der Waals surface area contributed by atoms with Crippen LogP contribution in [0.2, 0.25) is 0 Å². The summed E-state index contributed by atoms with van der Waals surface area (Å²) < 4.78 is 13.1. The number of aromatic nitrogens is 3. The van der Waals surface area contributed by atoms with Crippen LogP contribution < -0.4 is 10.2 Å². The lowest BCUT2D eigenvalue weighted by molar-refractivity contribution is 0.416. The number of benzene rings is 1. The molecule has 0 unspecified atom stereocenters. The van der Waals surface area contributed by atoms with Crippen molar-refractivity contribution in [2.45, 2.75) is 13.5 Å². The Labute approximate surface area is 132 Å². The quantitative estimate of drug-likeness (QED) is 0.707. The van der Waals surface area contributed by atoms with Crippen LogP contribution in [0.15, 0.2) is 40.8 Å². The summed E-state index contributed by atoms with van der Waals surface area (Å²) in [5.41, 5.74) is 4.06. The molecule has 2 N–H and O–H groups in total. The van der Waals surface area contributed by atoms with E-state index in [9.17, 15) is 0 Å². The fourth-order valence-electron chi connectivity index (χ4n) is 2.19. The minimum Gasteiger partial charge on any atom is -0.496 e. The number of hydrogen-bond donors (Lipinski definition) is 2. The Morgan fingerprint density at radius 2 is 2.14 bits per heavy atom. The molecule has 3 aromatic rings. The van der Waals surface area contributed by atoms with Crippen LogP contribution in [0.4, 0.5) is 0 Å². The SMILES string of the molecule is COc1ccccc1-c1n[nH]c(=S)n1NCc1ccc(C)o1. The molecule has 0 atom stereocenters. The van der Waals surface area contributed by atoms with Crippen molar-refractivity contribution < 1.29 is 9.15 Å². The van der Waals surface area contributed by atoms with E-state index in [0.717, 1.165) is 22.8 Å². The smallest absolute Gasteiger partial charge is 0.214 e. The Bertz CT molecular complexity index is 834. The number of nitrogens with zero attached hydrogens (tertiary/aromatic N) is 2. The maximum Gasteiger partial charge on any atom is 0.214 e. The molecule has 0 aliphatic heterocycles. The van der Waals surface area contributed by atoms with Crippen LogP contribution in [-0.4, -0.2) is 22.0 Å². The number of para-hydroxylation sites is 1. The van der Waals surface area contributed by atoms with E-state index in [1.807, 2.05) is 43.3 Å². The normalized spacial score (nSPS) is 10.6. The summed E-state index contributed by atoms with van der Waals surface area (Å²) in [4.78, 5) is 0. The van der Waals surface area contributed by atoms with E-state index in [-0.39, 0.29) is 0 Å². The maximum absolute atomic E-state index is 5.55. The monoisotopic (exact) mass is 316 g/mol. The lowest BCUT2D eigenvalue weighted by atomic mass is 10.2. The summed E-state index contributed by atoms with van der Waals surface area (Å²) in [6.07, 6.45) is 0. The highest BCUT2D eigenvalue weighted by molar-refractivity contribution is 7.71. The summed E-state index contributed by atoms with van der Waals surface area (Å²) in [5, 5.41) is 7.08. The van der Waals surface area contributed by atoms with Gasteiger partial charge in [0.25, 0.3) is 0 Å². The van der Waals surface area contributed by atoms with Crippen molar-refractivity contribution in [3.63, 3.8) is 0 Å². The van der Waals surface area contributed by atoms with Crippen LogP contribution in [0.5, 0.6) is 5.75 Å². The molecule has 3 rings (SSSR count). The van der Waals surface area contributed by atoms with Crippen LogP contribution in [0.25, 0.3) is 11.4 Å². The number of rotatable bonds is 5. The average Bonchev–Trinajstić information content (AvgIpc) is 3.11. The van der Waals surface area contributed by atoms with Crippen molar-refractivity contribution in [1.82, 2.24) is 14.9 Å². The van der Waals surface area contributed by atoms with E-state index in [4.69, 9.17) is 21.4 Å². The predicted molar refractivity (Wildman–Crippen MR) is 85.9 cm³/mol. The minimum absolute atomic E-state index is 0.476. The second kappa shape index (κ2) is 6.07. The van der Waals surface area contributed by atoms with E-state index < -0.39 is 0 Å². The van der Waals surface area contributed by atoms with E-state index in [1.165, 1.54) is 0 Å². The Hall–Kier alpha value is -2.54. The second-order valence-electron chi connectivity index (χ2n) is 4.74. The molecule has 0 fully saturated rings. The van der Waals surface area contributed by atoms with Gasteiger partial charge in [-0.3, -0.25) is 0 Å². The molecule has 6 nitrogen and oxygen atoms in total. The first-order valence-corrected chi connectivity index (χ1v) is 7.20. The van der Waals surface area contributed by atoms with Gasteiger partial charge in [0, 0.05) is 0 Å². The van der Waals surface area contributed by atoms with Gasteiger partial charge in [-0.1, -0.05) is 12.1 Å². The van der Waals surface area contributed by atoms with Gasteiger partial charge in [-0.15, -0.1) is 0 Å². The van der Waals surface area contributed by atoms with Gasteiger partial charge >= 0.3 is 0 Å². The molecule has 1 aromatic carbocycles. The van der Waals surface area contributed by atoms with Gasteiger partial charge < -0.3 is 14.6 Å². The minimum atomic E-state index is 0.476. The highest BCUT2D eigenvalue weighted by atomic mass is 32.1. The van der Waals surface area contributed by atoms with Gasteiger partial charge in [0.1, 0.15) is 17.3 Å². The molecule has 0 aliphatic rings. The summed E-state index contributed by atoms with van der Waals surface area (Å²) >= 11 is 5.28. The van der Waals surface area contributed by atoms with Crippen LogP contribution in [0.1, 0.15) is 11.5 Å². The summed E-state index contributed by atoms with van der Waals surface area (Å²) in [5.74, 6) is 3.09. The van der Waals surface area contributed by atoms with Gasteiger partial charge in [0.15, 0.2) is 5.82 Å². The average molecular weight is 316 g/mol. The van der Waals surface area contributed by atoms with E-state index in [0.29, 0.717) is 17.1 Å². The number of H-pyrrole nitrogens is 1. The van der Waals surface area contributed by atoms with E-state index >= 15 is 0 Å². The van der Waals surface area contributed by atoms with Gasteiger partial charge in [-0.25, -0.2) is 9.77 Å². The number of nitrogens with one attached hydrogen (secondary N) is 2. The molecular formula is C15H16N4O2S. The Balaban J connectivity index is 1.92. The zero-order chi connectivity index (χ0) is 15.5. The highest BCUT2D eigenvalue weighted by Crippen LogP contribution is 2.27. The van der Waals surface area contributed by atoms with E-state index in [2.05, 4.69) is 15.6 Å². The largest absolute Gasteiger partial charge is 0.496 e. The first kappa shape index (κ1) is 14.4. The molecule has 0 saturated heterocycles. The lowest BCUT2D eigenvalue weighted by Crippen LogP contribution is -2.15. The zero-order valence-electron chi connectivity index (χ0n) is 12.3. The molecule has 7 heteroatoms. The Kier molecular flexibility index (Phi) is 3.97. The third-order valence-electron chi connectivity index (χ3n) is 3.23. The van der Waals surface area contributed by atoms with Crippen molar-refractivity contribution in [2.24, 2.45) is 0 Å². The molecule has 0 spiro atoms. The van der Waals surface area contributed by atoms with Gasteiger partial charge in [0.2, 0.25) is 4.77 Å². The highest BCUT2D eigenvalue weighted by Gasteiger charge is 2.13. The molecule has 22 heavy (non-hydrogen) atoms. The number of hydrogen-bond acceptors (Lipinski definition) is 5. The molecule has 0 bridgehead atoms. The van der Waals surface area contributed by atoms with Crippen molar-refractivity contribution in [3.05, 3.63) is 52.7 Å². The molecule has 0 aliphatic carbocycles. The number of methoxy groups -OCH3 is 1. The molecule has 0 saturated carbocycles. The fraction of sp³-hybridized carbons (Fsp3) is 0.200. The van der Waals surface area contributed by atoms with Crippen molar-refractivity contribution in [2.75, 3.05) is 12.5 Å². The van der Waals surface area contributed by atoms with Gasteiger partial charge in [0.05, 0.1) is 19.2 Å². The fourth-order valence-corrected chi connectivity index (χ4v) is 2.39. The zero-order valence-corrected chi connectivity index (χ0v) is 13.1. The second-order valence-corrected chi connectivity index (χ2v) is 5.12. The van der Waals surface area contributed by atoms with Gasteiger partial charge in [-0.2, -0.15) is 5.10 Å². The third kappa shape index (κ3) is 2.75. The molecule has 0 radical (unpaired) electrons. The molecule has 114 valence electrons. The molecule has 2 heterocycles. The van der Waals surface area contributed by atoms with E-state index in [1.54, 1.807) is 11.8 Å². The summed E-state index contributed by atoms with van der Waals surface area (Å²) in [7, 11) is 1.63.